The van der Waals surface area contributed by atoms with Gasteiger partial charge >= 0.3 is 5.69 Å². The molecule has 3 rings (SSSR count). The van der Waals surface area contributed by atoms with Gasteiger partial charge in [-0.15, -0.1) is 0 Å². The van der Waals surface area contributed by atoms with E-state index in [1.807, 2.05) is 32.0 Å². The molecule has 0 saturated carbocycles. The van der Waals surface area contributed by atoms with Gasteiger partial charge in [0.2, 0.25) is 5.75 Å². The summed E-state index contributed by atoms with van der Waals surface area (Å²) in [5.41, 5.74) is 1.65. The predicted molar refractivity (Wildman–Crippen MR) is 109 cm³/mol. The van der Waals surface area contributed by atoms with Crippen LogP contribution in [0.3, 0.4) is 0 Å². The molecule has 0 amide bonds. The maximum atomic E-state index is 11.6. The molecule has 0 unspecified atom stereocenters. The monoisotopic (exact) mass is 461 g/mol. The zero-order valence-electron chi connectivity index (χ0n) is 16.2. The fraction of sp³-hybridized carbons (Fsp3) is 0.316. The molecule has 0 bridgehead atoms. The average molecular weight is 462 g/mol. The van der Waals surface area contributed by atoms with Gasteiger partial charge in [-0.05, 0) is 53.5 Å². The van der Waals surface area contributed by atoms with E-state index in [2.05, 4.69) is 31.0 Å². The molecule has 0 radical (unpaired) electrons. The van der Waals surface area contributed by atoms with E-state index in [-0.39, 0.29) is 30.7 Å². The summed E-state index contributed by atoms with van der Waals surface area (Å²) in [5.74, 6) is 0.475. The lowest BCUT2D eigenvalue weighted by atomic mass is 10.1. The molecule has 9 nitrogen and oxygen atoms in total. The standard InChI is InChI=1S/C19H20BrN5O4/c1-12(2)24-11-21-19(23-24)15-7-13(8-16(25(26)27)18(15)28-3)9-29-10-14-5-4-6-17(20)22-14/h4-8,11-12H,9-10H2,1-3H3. The maximum Gasteiger partial charge on any atom is 0.312 e. The van der Waals surface area contributed by atoms with Crippen molar-refractivity contribution in [1.82, 2.24) is 19.7 Å². The van der Waals surface area contributed by atoms with Gasteiger partial charge in [-0.3, -0.25) is 10.1 Å². The van der Waals surface area contributed by atoms with Crippen molar-refractivity contribution in [3.63, 3.8) is 0 Å². The van der Waals surface area contributed by atoms with Crippen LogP contribution in [0.5, 0.6) is 5.75 Å². The first kappa shape index (κ1) is 20.9. The summed E-state index contributed by atoms with van der Waals surface area (Å²) in [4.78, 5) is 19.7. The zero-order valence-corrected chi connectivity index (χ0v) is 17.8. The molecule has 152 valence electrons. The van der Waals surface area contributed by atoms with Gasteiger partial charge in [0.15, 0.2) is 5.82 Å². The molecule has 0 atom stereocenters. The first-order chi connectivity index (χ1) is 13.9. The molecule has 29 heavy (non-hydrogen) atoms. The number of aromatic nitrogens is 4. The van der Waals surface area contributed by atoms with E-state index in [0.717, 1.165) is 5.69 Å². The Kier molecular flexibility index (Phi) is 6.55. The Morgan fingerprint density at radius 1 is 1.28 bits per heavy atom. The quantitative estimate of drug-likeness (QED) is 0.279. The normalized spacial score (nSPS) is 11.1. The van der Waals surface area contributed by atoms with Crippen LogP contribution in [0, 0.1) is 10.1 Å². The van der Waals surface area contributed by atoms with E-state index in [1.165, 1.54) is 13.2 Å². The number of halogens is 1. The first-order valence-corrected chi connectivity index (χ1v) is 9.64. The Balaban J connectivity index is 1.90. The number of nitrogens with zero attached hydrogens (tertiary/aromatic N) is 5. The largest absolute Gasteiger partial charge is 0.490 e. The Labute approximate surface area is 176 Å². The first-order valence-electron chi connectivity index (χ1n) is 8.85. The maximum absolute atomic E-state index is 11.6. The van der Waals surface area contributed by atoms with Crippen molar-refractivity contribution in [3.05, 3.63) is 62.6 Å². The minimum Gasteiger partial charge on any atom is -0.490 e. The van der Waals surface area contributed by atoms with E-state index in [9.17, 15) is 10.1 Å². The van der Waals surface area contributed by atoms with Gasteiger partial charge in [-0.2, -0.15) is 5.10 Å². The van der Waals surface area contributed by atoms with E-state index < -0.39 is 4.92 Å². The van der Waals surface area contributed by atoms with E-state index in [4.69, 9.17) is 9.47 Å². The van der Waals surface area contributed by atoms with Crippen molar-refractivity contribution < 1.29 is 14.4 Å². The van der Waals surface area contributed by atoms with Crippen LogP contribution in [-0.2, 0) is 18.0 Å². The van der Waals surface area contributed by atoms with Gasteiger partial charge in [0.1, 0.15) is 10.9 Å². The molecule has 0 aliphatic rings. The molecule has 0 aliphatic heterocycles. The number of nitro groups is 1. The van der Waals surface area contributed by atoms with E-state index in [1.54, 1.807) is 17.1 Å². The lowest BCUT2D eigenvalue weighted by Gasteiger charge is -2.10. The van der Waals surface area contributed by atoms with Crippen molar-refractivity contribution >= 4 is 21.6 Å². The number of benzene rings is 1. The van der Waals surface area contributed by atoms with Crippen LogP contribution in [0.2, 0.25) is 0 Å². The number of pyridine rings is 1. The highest BCUT2D eigenvalue weighted by Gasteiger charge is 2.24. The van der Waals surface area contributed by atoms with Gasteiger partial charge in [0.25, 0.3) is 0 Å². The van der Waals surface area contributed by atoms with Gasteiger partial charge in [-0.25, -0.2) is 14.6 Å². The highest BCUT2D eigenvalue weighted by molar-refractivity contribution is 9.10. The third-order valence-corrected chi connectivity index (χ3v) is 4.54. The van der Waals surface area contributed by atoms with Gasteiger partial charge < -0.3 is 9.47 Å². The number of hydrogen-bond acceptors (Lipinski definition) is 7. The van der Waals surface area contributed by atoms with Crippen molar-refractivity contribution in [2.75, 3.05) is 7.11 Å². The summed E-state index contributed by atoms with van der Waals surface area (Å²) in [6.07, 6.45) is 1.59. The van der Waals surface area contributed by atoms with Crippen LogP contribution in [0.4, 0.5) is 5.69 Å². The van der Waals surface area contributed by atoms with E-state index in [0.29, 0.717) is 21.6 Å². The molecule has 0 fully saturated rings. The molecular weight excluding hydrogens is 442 g/mol. The third-order valence-electron chi connectivity index (χ3n) is 4.10. The minimum absolute atomic E-state index is 0.112. The number of ether oxygens (including phenoxy) is 2. The van der Waals surface area contributed by atoms with Crippen molar-refractivity contribution in [2.45, 2.75) is 33.1 Å². The molecule has 3 aromatic rings. The molecule has 0 spiro atoms. The predicted octanol–water partition coefficient (Wildman–Crippen LogP) is 4.32. The second-order valence-corrected chi connectivity index (χ2v) is 7.35. The SMILES string of the molecule is COc1c(-c2ncn(C(C)C)n2)cc(COCc2cccc(Br)n2)cc1[N+](=O)[O-]. The molecule has 1 aromatic carbocycles. The molecule has 2 aromatic heterocycles. The third kappa shape index (κ3) is 4.96. The van der Waals surface area contributed by atoms with E-state index >= 15 is 0 Å². The number of hydrogen-bond donors (Lipinski definition) is 0. The highest BCUT2D eigenvalue weighted by atomic mass is 79.9. The van der Waals surface area contributed by atoms with Crippen molar-refractivity contribution in [3.8, 4) is 17.1 Å². The summed E-state index contributed by atoms with van der Waals surface area (Å²) in [6.45, 7) is 4.38. The molecule has 2 heterocycles. The van der Waals surface area contributed by atoms with Crippen LogP contribution >= 0.6 is 15.9 Å². The van der Waals surface area contributed by atoms with Crippen LogP contribution < -0.4 is 4.74 Å². The summed E-state index contributed by atoms with van der Waals surface area (Å²) >= 11 is 3.32. The smallest absolute Gasteiger partial charge is 0.312 e. The lowest BCUT2D eigenvalue weighted by molar-refractivity contribution is -0.385. The number of methoxy groups -OCH3 is 1. The second-order valence-electron chi connectivity index (χ2n) is 6.54. The molecule has 0 saturated heterocycles. The number of rotatable bonds is 8. The Morgan fingerprint density at radius 2 is 2.07 bits per heavy atom. The summed E-state index contributed by atoms with van der Waals surface area (Å²) in [5, 5.41) is 16.0. The van der Waals surface area contributed by atoms with Gasteiger partial charge in [0, 0.05) is 12.1 Å². The van der Waals surface area contributed by atoms with Crippen LogP contribution in [0.25, 0.3) is 11.4 Å². The van der Waals surface area contributed by atoms with Crippen LogP contribution in [0.1, 0.15) is 31.1 Å². The summed E-state index contributed by atoms with van der Waals surface area (Å²) in [7, 11) is 1.39. The summed E-state index contributed by atoms with van der Waals surface area (Å²) < 4.78 is 13.4. The molecular formula is C19H20BrN5O4. The Bertz CT molecular complexity index is 1020. The van der Waals surface area contributed by atoms with Crippen LogP contribution in [-0.4, -0.2) is 31.8 Å². The van der Waals surface area contributed by atoms with Gasteiger partial charge in [-0.1, -0.05) is 6.07 Å². The lowest BCUT2D eigenvalue weighted by Crippen LogP contribution is -2.03. The second kappa shape index (κ2) is 9.10. The van der Waals surface area contributed by atoms with Crippen molar-refractivity contribution in [1.29, 1.82) is 0 Å². The molecule has 0 aliphatic carbocycles. The minimum atomic E-state index is -0.485. The average Bonchev–Trinajstić information content (AvgIpc) is 3.17. The Hall–Kier alpha value is -2.85. The topological polar surface area (TPSA) is 105 Å². The van der Waals surface area contributed by atoms with Gasteiger partial charge in [0.05, 0.1) is 36.5 Å². The molecule has 10 heteroatoms. The highest BCUT2D eigenvalue weighted by Crippen LogP contribution is 2.38. The Morgan fingerprint density at radius 3 is 2.69 bits per heavy atom. The fourth-order valence-electron chi connectivity index (χ4n) is 2.72. The van der Waals surface area contributed by atoms with Crippen LogP contribution in [0.15, 0.2) is 41.3 Å². The zero-order chi connectivity index (χ0) is 21.0. The summed E-state index contributed by atoms with van der Waals surface area (Å²) in [6, 6.07) is 8.83. The van der Waals surface area contributed by atoms with Crippen molar-refractivity contribution in [2.24, 2.45) is 0 Å². The fourth-order valence-corrected chi connectivity index (χ4v) is 3.10. The molecule has 0 N–H and O–H groups in total. The number of nitro benzene ring substituents is 1.